The summed E-state index contributed by atoms with van der Waals surface area (Å²) in [6.07, 6.45) is -0.223. The van der Waals surface area contributed by atoms with E-state index in [0.29, 0.717) is 6.42 Å². The molecular formula is C15H13Cl2FN2O2. The van der Waals surface area contributed by atoms with Crippen LogP contribution in [0.15, 0.2) is 30.3 Å². The Kier molecular flexibility index (Phi) is 4.12. The molecule has 1 fully saturated rings. The number of likely N-dealkylation sites (tertiary alicyclic amines) is 1. The number of β-amino-alcohol motifs (C(OH)–C–C–N with tert-alkyl or cyclic N) is 1. The van der Waals surface area contributed by atoms with Crippen LogP contribution in [0, 0.1) is 5.82 Å². The van der Waals surface area contributed by atoms with E-state index in [4.69, 9.17) is 23.2 Å². The van der Waals surface area contributed by atoms with E-state index in [1.807, 2.05) is 0 Å². The number of benzene rings is 1. The van der Waals surface area contributed by atoms with Crippen LogP contribution in [-0.4, -0.2) is 33.5 Å². The standard InChI is InChI=1S/C15H13Cl2FN2O2/c16-11-6-12(19-14(11)17)15(22)20-7-10(21)5-13(20)8-1-3-9(18)4-2-8/h1-4,6,10,13,19,21H,5,7H2. The normalized spacial score (nSPS) is 21.4. The summed E-state index contributed by atoms with van der Waals surface area (Å²) in [4.78, 5) is 16.9. The van der Waals surface area contributed by atoms with Gasteiger partial charge in [0.1, 0.15) is 16.7 Å². The average molecular weight is 343 g/mol. The molecule has 3 rings (SSSR count). The Morgan fingerprint density at radius 1 is 1.32 bits per heavy atom. The van der Waals surface area contributed by atoms with E-state index < -0.39 is 6.10 Å². The van der Waals surface area contributed by atoms with Crippen LogP contribution in [0.25, 0.3) is 0 Å². The summed E-state index contributed by atoms with van der Waals surface area (Å²) in [5.74, 6) is -0.650. The molecule has 1 aromatic heterocycles. The Balaban J connectivity index is 1.90. The van der Waals surface area contributed by atoms with Crippen LogP contribution in [0.3, 0.4) is 0 Å². The zero-order valence-electron chi connectivity index (χ0n) is 11.4. The fourth-order valence-corrected chi connectivity index (χ4v) is 3.03. The predicted octanol–water partition coefficient (Wildman–Crippen LogP) is 3.41. The molecule has 2 heterocycles. The third-order valence-electron chi connectivity index (χ3n) is 3.75. The van der Waals surface area contributed by atoms with Gasteiger partial charge in [-0.25, -0.2) is 4.39 Å². The average Bonchev–Trinajstić information content (AvgIpc) is 3.03. The van der Waals surface area contributed by atoms with Crippen molar-refractivity contribution in [3.63, 3.8) is 0 Å². The van der Waals surface area contributed by atoms with Gasteiger partial charge in [0, 0.05) is 6.54 Å². The van der Waals surface area contributed by atoms with E-state index in [1.54, 1.807) is 12.1 Å². The Labute approximate surface area is 136 Å². The first-order chi connectivity index (χ1) is 10.5. The fourth-order valence-electron chi connectivity index (χ4n) is 2.71. The molecule has 2 N–H and O–H groups in total. The molecule has 1 aliphatic heterocycles. The van der Waals surface area contributed by atoms with Gasteiger partial charge in [0.25, 0.3) is 5.91 Å². The number of carbonyl (C=O) groups excluding carboxylic acids is 1. The van der Waals surface area contributed by atoms with Crippen molar-refractivity contribution in [2.24, 2.45) is 0 Å². The lowest BCUT2D eigenvalue weighted by Gasteiger charge is -2.24. The van der Waals surface area contributed by atoms with Crippen molar-refractivity contribution >= 4 is 29.1 Å². The molecular weight excluding hydrogens is 330 g/mol. The lowest BCUT2D eigenvalue weighted by atomic mass is 10.0. The molecule has 1 amide bonds. The van der Waals surface area contributed by atoms with Gasteiger partial charge in [0.15, 0.2) is 0 Å². The van der Waals surface area contributed by atoms with E-state index in [9.17, 15) is 14.3 Å². The highest BCUT2D eigenvalue weighted by Gasteiger charge is 2.36. The molecule has 22 heavy (non-hydrogen) atoms. The summed E-state index contributed by atoms with van der Waals surface area (Å²) in [5, 5.41) is 10.4. The van der Waals surface area contributed by atoms with Crippen molar-refractivity contribution in [2.45, 2.75) is 18.6 Å². The van der Waals surface area contributed by atoms with Gasteiger partial charge < -0.3 is 15.0 Å². The Morgan fingerprint density at radius 3 is 2.59 bits per heavy atom. The van der Waals surface area contributed by atoms with Crippen molar-refractivity contribution in [1.82, 2.24) is 9.88 Å². The molecule has 1 saturated heterocycles. The third-order valence-corrected chi connectivity index (χ3v) is 4.44. The number of aromatic amines is 1. The first kappa shape index (κ1) is 15.3. The largest absolute Gasteiger partial charge is 0.391 e. The summed E-state index contributed by atoms with van der Waals surface area (Å²) in [6, 6.07) is 7.05. The maximum Gasteiger partial charge on any atom is 0.270 e. The molecule has 2 aromatic rings. The lowest BCUT2D eigenvalue weighted by molar-refractivity contribution is 0.0710. The van der Waals surface area contributed by atoms with Gasteiger partial charge in [0.05, 0.1) is 17.2 Å². The van der Waals surface area contributed by atoms with Crippen molar-refractivity contribution in [3.05, 3.63) is 57.6 Å². The van der Waals surface area contributed by atoms with Crippen molar-refractivity contribution in [1.29, 1.82) is 0 Å². The van der Waals surface area contributed by atoms with Crippen molar-refractivity contribution < 1.29 is 14.3 Å². The number of aromatic nitrogens is 1. The van der Waals surface area contributed by atoms with Gasteiger partial charge in [-0.1, -0.05) is 35.3 Å². The van der Waals surface area contributed by atoms with Crippen molar-refractivity contribution in [3.8, 4) is 0 Å². The summed E-state index contributed by atoms with van der Waals surface area (Å²) in [6.45, 7) is 0.204. The maximum absolute atomic E-state index is 13.1. The highest BCUT2D eigenvalue weighted by Crippen LogP contribution is 2.34. The number of rotatable bonds is 2. The minimum atomic E-state index is -0.625. The number of carbonyl (C=O) groups is 1. The molecule has 0 bridgehead atoms. The van der Waals surface area contributed by atoms with Gasteiger partial charge in [-0.2, -0.15) is 0 Å². The molecule has 0 radical (unpaired) electrons. The zero-order chi connectivity index (χ0) is 15.9. The Hall–Kier alpha value is -1.56. The van der Waals surface area contributed by atoms with Crippen LogP contribution in [0.2, 0.25) is 10.2 Å². The van der Waals surface area contributed by atoms with Crippen molar-refractivity contribution in [2.75, 3.05) is 6.54 Å². The van der Waals surface area contributed by atoms with Crippen LogP contribution < -0.4 is 0 Å². The molecule has 1 aromatic carbocycles. The number of nitrogens with one attached hydrogen (secondary N) is 1. The number of amides is 1. The number of aliphatic hydroxyl groups is 1. The molecule has 0 aliphatic carbocycles. The fraction of sp³-hybridized carbons (Fsp3) is 0.267. The number of nitrogens with zero attached hydrogens (tertiary/aromatic N) is 1. The Morgan fingerprint density at radius 2 is 2.00 bits per heavy atom. The summed E-state index contributed by atoms with van der Waals surface area (Å²) in [7, 11) is 0. The molecule has 7 heteroatoms. The first-order valence-electron chi connectivity index (χ1n) is 6.74. The minimum Gasteiger partial charge on any atom is -0.391 e. The highest BCUT2D eigenvalue weighted by molar-refractivity contribution is 6.41. The summed E-state index contributed by atoms with van der Waals surface area (Å²) in [5.41, 5.74) is 1.03. The van der Waals surface area contributed by atoms with E-state index in [1.165, 1.54) is 23.1 Å². The number of H-pyrrole nitrogens is 1. The second-order valence-corrected chi connectivity index (χ2v) is 6.04. The second kappa shape index (κ2) is 5.91. The van der Waals surface area contributed by atoms with E-state index in [2.05, 4.69) is 4.98 Å². The number of hydrogen-bond acceptors (Lipinski definition) is 2. The number of halogens is 3. The predicted molar refractivity (Wildman–Crippen MR) is 81.6 cm³/mol. The number of hydrogen-bond donors (Lipinski definition) is 2. The van der Waals surface area contributed by atoms with E-state index in [-0.39, 0.29) is 40.2 Å². The van der Waals surface area contributed by atoms with Crippen LogP contribution >= 0.6 is 23.2 Å². The molecule has 2 atom stereocenters. The monoisotopic (exact) mass is 342 g/mol. The summed E-state index contributed by atoms with van der Waals surface area (Å²) < 4.78 is 13.1. The van der Waals surface area contributed by atoms with Crippen LogP contribution in [0.5, 0.6) is 0 Å². The smallest absolute Gasteiger partial charge is 0.270 e. The van der Waals surface area contributed by atoms with Crippen LogP contribution in [0.1, 0.15) is 28.5 Å². The van der Waals surface area contributed by atoms with E-state index >= 15 is 0 Å². The van der Waals surface area contributed by atoms with Gasteiger partial charge in [-0.3, -0.25) is 4.79 Å². The van der Waals surface area contributed by atoms with Crippen LogP contribution in [0.4, 0.5) is 4.39 Å². The zero-order valence-corrected chi connectivity index (χ0v) is 12.9. The highest BCUT2D eigenvalue weighted by atomic mass is 35.5. The molecule has 0 saturated carbocycles. The molecule has 116 valence electrons. The quantitative estimate of drug-likeness (QED) is 0.878. The lowest BCUT2D eigenvalue weighted by Crippen LogP contribution is -2.32. The molecule has 0 spiro atoms. The topological polar surface area (TPSA) is 56.3 Å². The molecule has 4 nitrogen and oxygen atoms in total. The van der Waals surface area contributed by atoms with E-state index in [0.717, 1.165) is 5.56 Å². The van der Waals surface area contributed by atoms with Gasteiger partial charge in [-0.05, 0) is 30.2 Å². The van der Waals surface area contributed by atoms with Gasteiger partial charge >= 0.3 is 0 Å². The van der Waals surface area contributed by atoms with Crippen LogP contribution in [-0.2, 0) is 0 Å². The Bertz CT molecular complexity index is 683. The molecule has 1 aliphatic rings. The second-order valence-electron chi connectivity index (χ2n) is 5.26. The maximum atomic E-state index is 13.1. The minimum absolute atomic E-state index is 0.197. The first-order valence-corrected chi connectivity index (χ1v) is 7.50. The number of aliphatic hydroxyl groups excluding tert-OH is 1. The molecule has 2 unspecified atom stereocenters. The SMILES string of the molecule is O=C(c1cc(Cl)c(Cl)[nH]1)N1CC(O)CC1c1ccc(F)cc1. The third kappa shape index (κ3) is 2.84. The summed E-state index contributed by atoms with van der Waals surface area (Å²) >= 11 is 11.7. The van der Waals surface area contributed by atoms with Gasteiger partial charge in [0.2, 0.25) is 0 Å². The van der Waals surface area contributed by atoms with Gasteiger partial charge in [-0.15, -0.1) is 0 Å².